The smallest absolute Gasteiger partial charge is 0.233 e. The summed E-state index contributed by atoms with van der Waals surface area (Å²) in [4.78, 5) is 17.4. The van der Waals surface area contributed by atoms with E-state index in [-0.39, 0.29) is 0 Å². The van der Waals surface area contributed by atoms with E-state index < -0.39 is 0 Å². The second-order valence-electron chi connectivity index (χ2n) is 8.65. The molecule has 3 aromatic heterocycles. The van der Waals surface area contributed by atoms with Crippen LogP contribution in [0.4, 0.5) is 5.82 Å². The van der Waals surface area contributed by atoms with Crippen LogP contribution < -0.4 is 9.64 Å². The van der Waals surface area contributed by atoms with Gasteiger partial charge in [0.15, 0.2) is 0 Å². The summed E-state index contributed by atoms with van der Waals surface area (Å²) in [5.74, 6) is 3.82. The van der Waals surface area contributed by atoms with Gasteiger partial charge in [0.2, 0.25) is 5.88 Å². The third-order valence-electron chi connectivity index (χ3n) is 5.98. The number of hydrogen-bond acceptors (Lipinski definition) is 8. The van der Waals surface area contributed by atoms with Crippen LogP contribution in [-0.2, 0) is 0 Å². The molecule has 1 aliphatic carbocycles. The van der Waals surface area contributed by atoms with Gasteiger partial charge in [0, 0.05) is 36.8 Å². The normalized spacial score (nSPS) is 17.2. The Morgan fingerprint density at radius 3 is 2.45 bits per heavy atom. The molecule has 0 radical (unpaired) electrons. The minimum atomic E-state index is 0.523. The van der Waals surface area contributed by atoms with Crippen molar-refractivity contribution >= 4 is 17.2 Å². The summed E-state index contributed by atoms with van der Waals surface area (Å²) < 4.78 is 5.96. The van der Waals surface area contributed by atoms with Gasteiger partial charge in [-0.25, -0.2) is 15.0 Å². The Morgan fingerprint density at radius 1 is 1.00 bits per heavy atom. The highest BCUT2D eigenvalue weighted by Crippen LogP contribution is 2.39. The number of nitrogens with zero attached hydrogens (tertiary/aromatic N) is 6. The van der Waals surface area contributed by atoms with Crippen molar-refractivity contribution in [2.24, 2.45) is 5.92 Å². The average molecular weight is 437 g/mol. The van der Waals surface area contributed by atoms with Crippen LogP contribution in [0.3, 0.4) is 0 Å². The highest BCUT2D eigenvalue weighted by atomic mass is 32.1. The summed E-state index contributed by atoms with van der Waals surface area (Å²) in [6.45, 7) is 8.77. The van der Waals surface area contributed by atoms with Crippen LogP contribution in [0, 0.1) is 26.7 Å². The fourth-order valence-electron chi connectivity index (χ4n) is 4.08. The molecular formula is C23H28N6OS. The first-order valence-electron chi connectivity index (χ1n) is 11.1. The lowest BCUT2D eigenvalue weighted by Gasteiger charge is -2.32. The molecule has 1 aliphatic heterocycles. The van der Waals surface area contributed by atoms with Gasteiger partial charge in [-0.1, -0.05) is 0 Å². The van der Waals surface area contributed by atoms with E-state index in [9.17, 15) is 0 Å². The lowest BCUT2D eigenvalue weighted by molar-refractivity contribution is 0.214. The van der Waals surface area contributed by atoms with Crippen molar-refractivity contribution in [1.82, 2.24) is 25.1 Å². The lowest BCUT2D eigenvalue weighted by atomic mass is 9.98. The number of aryl methyl sites for hydroxylation is 3. The maximum atomic E-state index is 5.96. The van der Waals surface area contributed by atoms with Gasteiger partial charge >= 0.3 is 0 Å². The Balaban J connectivity index is 1.14. The third-order valence-corrected chi connectivity index (χ3v) is 7.08. The van der Waals surface area contributed by atoms with Crippen LogP contribution in [-0.4, -0.2) is 44.8 Å². The van der Waals surface area contributed by atoms with E-state index in [4.69, 9.17) is 9.72 Å². The van der Waals surface area contributed by atoms with Crippen LogP contribution in [0.25, 0.3) is 10.6 Å². The summed E-state index contributed by atoms with van der Waals surface area (Å²) in [6, 6.07) is 6.00. The predicted octanol–water partition coefficient (Wildman–Crippen LogP) is 4.49. The number of hydrogen-bond donors (Lipinski definition) is 0. The van der Waals surface area contributed by atoms with Gasteiger partial charge in [-0.15, -0.1) is 21.5 Å². The van der Waals surface area contributed by atoms with Crippen molar-refractivity contribution in [3.05, 3.63) is 40.4 Å². The molecule has 1 saturated carbocycles. The van der Waals surface area contributed by atoms with Gasteiger partial charge < -0.3 is 9.64 Å². The molecule has 0 bridgehead atoms. The van der Waals surface area contributed by atoms with E-state index >= 15 is 0 Å². The Bertz CT molecular complexity index is 1050. The molecule has 2 fully saturated rings. The second kappa shape index (κ2) is 8.49. The molecule has 1 saturated heterocycles. The van der Waals surface area contributed by atoms with Gasteiger partial charge in [0.1, 0.15) is 17.3 Å². The van der Waals surface area contributed by atoms with Crippen molar-refractivity contribution in [1.29, 1.82) is 0 Å². The van der Waals surface area contributed by atoms with Gasteiger partial charge in [-0.2, -0.15) is 0 Å². The number of rotatable bonds is 6. The van der Waals surface area contributed by atoms with E-state index in [1.807, 2.05) is 26.0 Å². The fourth-order valence-corrected chi connectivity index (χ4v) is 4.96. The van der Waals surface area contributed by atoms with E-state index in [0.717, 1.165) is 64.5 Å². The Kier molecular flexibility index (Phi) is 5.56. The van der Waals surface area contributed by atoms with Crippen LogP contribution >= 0.6 is 11.3 Å². The first-order valence-corrected chi connectivity index (χ1v) is 11.9. The highest BCUT2D eigenvalue weighted by molar-refractivity contribution is 7.15. The Hall–Kier alpha value is -2.61. The molecule has 8 heteroatoms. The van der Waals surface area contributed by atoms with E-state index in [1.54, 1.807) is 11.3 Å². The molecule has 0 amide bonds. The molecule has 0 unspecified atom stereocenters. The molecule has 2 aliphatic rings. The summed E-state index contributed by atoms with van der Waals surface area (Å²) in [5, 5.41) is 9.66. The molecule has 162 valence electrons. The molecule has 3 aromatic rings. The zero-order chi connectivity index (χ0) is 21.4. The zero-order valence-corrected chi connectivity index (χ0v) is 19.2. The van der Waals surface area contributed by atoms with Gasteiger partial charge in [0.25, 0.3) is 0 Å². The van der Waals surface area contributed by atoms with Crippen LogP contribution in [0.2, 0.25) is 0 Å². The van der Waals surface area contributed by atoms with Crippen LogP contribution in [0.15, 0.2) is 18.2 Å². The van der Waals surface area contributed by atoms with Crippen molar-refractivity contribution in [2.75, 3.05) is 24.6 Å². The molecule has 7 nitrogen and oxygen atoms in total. The zero-order valence-electron chi connectivity index (χ0n) is 18.3. The summed E-state index contributed by atoms with van der Waals surface area (Å²) in [6.07, 6.45) is 4.64. The van der Waals surface area contributed by atoms with Gasteiger partial charge in [-0.3, -0.25) is 0 Å². The standard InChI is InChI=1S/C23H28N6OS/c1-14-12-20(26-23(24-14)18-4-5-18)29-10-8-17(9-11-29)13-30-21-7-6-19(27-28-21)22-15(2)25-16(3)31-22/h6-7,12,17-18H,4-5,8-11,13H2,1-3H3. The average Bonchev–Trinajstić information content (AvgIpc) is 3.57. The van der Waals surface area contributed by atoms with E-state index in [0.29, 0.717) is 24.3 Å². The Labute approximate surface area is 186 Å². The first-order chi connectivity index (χ1) is 15.0. The maximum absolute atomic E-state index is 5.96. The second-order valence-corrected chi connectivity index (χ2v) is 9.85. The third kappa shape index (κ3) is 4.69. The van der Waals surface area contributed by atoms with Crippen molar-refractivity contribution in [3.8, 4) is 16.5 Å². The molecule has 4 heterocycles. The molecule has 5 rings (SSSR count). The largest absolute Gasteiger partial charge is 0.476 e. The number of thiazole rings is 1. The quantitative estimate of drug-likeness (QED) is 0.563. The molecule has 0 aromatic carbocycles. The number of aromatic nitrogens is 5. The van der Waals surface area contributed by atoms with Crippen LogP contribution in [0.1, 0.15) is 53.8 Å². The first kappa shape index (κ1) is 20.3. The fraction of sp³-hybridized carbons (Fsp3) is 0.522. The summed E-state index contributed by atoms with van der Waals surface area (Å²) in [5.41, 5.74) is 2.93. The van der Waals surface area contributed by atoms with Gasteiger partial charge in [0.05, 0.1) is 22.2 Å². The van der Waals surface area contributed by atoms with E-state index in [2.05, 4.69) is 38.1 Å². The predicted molar refractivity (Wildman–Crippen MR) is 122 cm³/mol. The Morgan fingerprint density at radius 2 is 1.81 bits per heavy atom. The van der Waals surface area contributed by atoms with Crippen molar-refractivity contribution in [3.63, 3.8) is 0 Å². The molecule has 0 spiro atoms. The number of ether oxygens (including phenoxy) is 1. The highest BCUT2D eigenvalue weighted by Gasteiger charge is 2.28. The minimum Gasteiger partial charge on any atom is -0.476 e. The number of piperidine rings is 1. The molecular weight excluding hydrogens is 408 g/mol. The van der Waals surface area contributed by atoms with Crippen molar-refractivity contribution < 1.29 is 4.74 Å². The maximum Gasteiger partial charge on any atom is 0.233 e. The number of anilines is 1. The van der Waals surface area contributed by atoms with Gasteiger partial charge in [-0.05, 0) is 58.4 Å². The topological polar surface area (TPSA) is 76.9 Å². The van der Waals surface area contributed by atoms with Crippen molar-refractivity contribution in [2.45, 2.75) is 52.4 Å². The summed E-state index contributed by atoms with van der Waals surface area (Å²) >= 11 is 1.65. The minimum absolute atomic E-state index is 0.523. The lowest BCUT2D eigenvalue weighted by Crippen LogP contribution is -2.36. The molecule has 0 atom stereocenters. The SMILES string of the molecule is Cc1cc(N2CCC(COc3ccc(-c4sc(C)nc4C)nn3)CC2)nc(C2CC2)n1. The molecule has 0 N–H and O–H groups in total. The van der Waals surface area contributed by atoms with E-state index in [1.165, 1.54) is 12.8 Å². The monoisotopic (exact) mass is 436 g/mol. The molecule has 31 heavy (non-hydrogen) atoms. The summed E-state index contributed by atoms with van der Waals surface area (Å²) in [7, 11) is 0. The van der Waals surface area contributed by atoms with Crippen LogP contribution in [0.5, 0.6) is 5.88 Å².